The largest absolute Gasteiger partial charge is 0.496 e. The van der Waals surface area contributed by atoms with Gasteiger partial charge in [-0.05, 0) is 42.3 Å². The number of alkyl halides is 3. The molecule has 0 saturated heterocycles. The van der Waals surface area contributed by atoms with Crippen LogP contribution in [0.2, 0.25) is 5.02 Å². The zero-order chi connectivity index (χ0) is 24.9. The Labute approximate surface area is 196 Å². The van der Waals surface area contributed by atoms with Crippen molar-refractivity contribution in [1.29, 1.82) is 0 Å². The van der Waals surface area contributed by atoms with Crippen molar-refractivity contribution in [2.75, 3.05) is 19.0 Å². The molecule has 34 heavy (non-hydrogen) atoms. The Morgan fingerprint density at radius 2 is 2.00 bits per heavy atom. The first kappa shape index (κ1) is 24.9. The number of aromatic amines is 1. The number of amides is 1. The third-order valence-electron chi connectivity index (χ3n) is 4.82. The van der Waals surface area contributed by atoms with E-state index in [0.29, 0.717) is 29.5 Å². The van der Waals surface area contributed by atoms with Gasteiger partial charge in [0.1, 0.15) is 18.1 Å². The maximum absolute atomic E-state index is 12.7. The van der Waals surface area contributed by atoms with Gasteiger partial charge >= 0.3 is 12.1 Å². The number of benzene rings is 2. The Morgan fingerprint density at radius 1 is 1.26 bits per heavy atom. The van der Waals surface area contributed by atoms with E-state index in [1.165, 1.54) is 0 Å². The van der Waals surface area contributed by atoms with E-state index in [1.54, 1.807) is 31.6 Å². The summed E-state index contributed by atoms with van der Waals surface area (Å²) < 4.78 is 42.9. The Hall–Kier alpha value is -3.73. The minimum atomic E-state index is -5.08. The standard InChI is InChI=1S/C20H18ClN3O3.C2HF3O2/c1-26-19-8-16(3-4-17(19)14-9-22-23-10-14)24-20(25)13-6-12-7-15(21)2-5-18(12)27-11-13;3-2(4,5)1(6)7/h2-5,7-10,13H,6,11H2,1H3,(H,22,23)(H,24,25);(H,6,7). The molecule has 0 spiro atoms. The zero-order valence-corrected chi connectivity index (χ0v) is 18.4. The third kappa shape index (κ3) is 6.19. The lowest BCUT2D eigenvalue weighted by Gasteiger charge is -2.25. The summed E-state index contributed by atoms with van der Waals surface area (Å²) in [5.74, 6) is -1.69. The van der Waals surface area contributed by atoms with E-state index >= 15 is 0 Å². The molecular weight excluding hydrogens is 479 g/mol. The second-order valence-electron chi connectivity index (χ2n) is 7.16. The molecule has 1 unspecified atom stereocenters. The fourth-order valence-electron chi connectivity index (χ4n) is 3.18. The van der Waals surface area contributed by atoms with Crippen LogP contribution in [0, 0.1) is 5.92 Å². The van der Waals surface area contributed by atoms with Crippen LogP contribution in [0.3, 0.4) is 0 Å². The van der Waals surface area contributed by atoms with Crippen LogP contribution in [-0.2, 0) is 16.0 Å². The van der Waals surface area contributed by atoms with Crippen molar-refractivity contribution in [3.05, 3.63) is 59.4 Å². The van der Waals surface area contributed by atoms with Crippen LogP contribution in [0.5, 0.6) is 11.5 Å². The summed E-state index contributed by atoms with van der Waals surface area (Å²) >= 11 is 6.05. The van der Waals surface area contributed by atoms with Gasteiger partial charge in [-0.15, -0.1) is 0 Å². The van der Waals surface area contributed by atoms with Crippen LogP contribution < -0.4 is 14.8 Å². The van der Waals surface area contributed by atoms with Crippen molar-refractivity contribution in [2.45, 2.75) is 12.6 Å². The van der Waals surface area contributed by atoms with Gasteiger partial charge in [-0.1, -0.05) is 11.6 Å². The summed E-state index contributed by atoms with van der Waals surface area (Å²) in [5, 5.41) is 17.5. The molecule has 2 aromatic carbocycles. The number of hydrogen-bond donors (Lipinski definition) is 3. The SMILES string of the molecule is COc1cc(NC(=O)C2COc3ccc(Cl)cc3C2)ccc1-c1cn[nH]c1.O=C(O)C(F)(F)F. The van der Waals surface area contributed by atoms with Gasteiger partial charge in [0.05, 0.1) is 19.2 Å². The van der Waals surface area contributed by atoms with Crippen LogP contribution in [0.1, 0.15) is 5.56 Å². The second kappa shape index (κ2) is 10.5. The fourth-order valence-corrected chi connectivity index (χ4v) is 3.38. The number of nitrogens with zero attached hydrogens (tertiary/aromatic N) is 1. The smallest absolute Gasteiger partial charge is 0.490 e. The Balaban J connectivity index is 0.000000406. The van der Waals surface area contributed by atoms with Gasteiger partial charge in [-0.3, -0.25) is 9.89 Å². The van der Waals surface area contributed by atoms with E-state index in [4.69, 9.17) is 31.0 Å². The van der Waals surface area contributed by atoms with Gasteiger partial charge in [0.2, 0.25) is 5.91 Å². The molecule has 0 aliphatic carbocycles. The molecule has 0 saturated carbocycles. The number of ether oxygens (including phenoxy) is 2. The number of rotatable bonds is 4. The topological polar surface area (TPSA) is 114 Å². The number of methoxy groups -OCH3 is 1. The summed E-state index contributed by atoms with van der Waals surface area (Å²) in [6, 6.07) is 11.0. The van der Waals surface area contributed by atoms with Crippen LogP contribution >= 0.6 is 11.6 Å². The molecule has 3 N–H and O–H groups in total. The predicted octanol–water partition coefficient (Wildman–Crippen LogP) is 4.56. The van der Waals surface area contributed by atoms with Crippen molar-refractivity contribution in [2.24, 2.45) is 5.92 Å². The monoisotopic (exact) mass is 497 g/mol. The van der Waals surface area contributed by atoms with Gasteiger partial charge in [-0.2, -0.15) is 18.3 Å². The van der Waals surface area contributed by atoms with Crippen molar-refractivity contribution in [1.82, 2.24) is 10.2 Å². The summed E-state index contributed by atoms with van der Waals surface area (Å²) in [6.07, 6.45) is -0.984. The molecule has 1 amide bonds. The lowest BCUT2D eigenvalue weighted by molar-refractivity contribution is -0.192. The van der Waals surface area contributed by atoms with Crippen molar-refractivity contribution >= 4 is 29.2 Å². The Kier molecular flexibility index (Phi) is 7.67. The molecule has 1 aliphatic rings. The van der Waals surface area contributed by atoms with E-state index in [-0.39, 0.29) is 11.8 Å². The molecule has 3 aromatic rings. The van der Waals surface area contributed by atoms with Crippen LogP contribution in [0.15, 0.2) is 48.8 Å². The molecule has 180 valence electrons. The first-order valence-corrected chi connectivity index (χ1v) is 10.2. The number of carboxylic acids is 1. The number of carbonyl (C=O) groups is 2. The number of nitrogens with one attached hydrogen (secondary N) is 2. The number of aromatic nitrogens is 2. The van der Waals surface area contributed by atoms with Crippen LogP contribution in [-0.4, -0.2) is 47.1 Å². The van der Waals surface area contributed by atoms with Gasteiger partial charge in [0.15, 0.2) is 0 Å². The van der Waals surface area contributed by atoms with E-state index < -0.39 is 12.1 Å². The molecule has 2 heterocycles. The highest BCUT2D eigenvalue weighted by molar-refractivity contribution is 6.30. The predicted molar refractivity (Wildman–Crippen MR) is 117 cm³/mol. The first-order chi connectivity index (χ1) is 16.1. The zero-order valence-electron chi connectivity index (χ0n) is 17.6. The Morgan fingerprint density at radius 3 is 2.62 bits per heavy atom. The van der Waals surface area contributed by atoms with Crippen LogP contribution in [0.4, 0.5) is 18.9 Å². The summed E-state index contributed by atoms with van der Waals surface area (Å²) in [7, 11) is 1.60. The molecule has 12 heteroatoms. The molecule has 0 radical (unpaired) electrons. The molecule has 1 aliphatic heterocycles. The fraction of sp³-hybridized carbons (Fsp3) is 0.227. The number of hydrogen-bond acceptors (Lipinski definition) is 5. The van der Waals surface area contributed by atoms with Gasteiger partial charge in [-0.25, -0.2) is 4.79 Å². The lowest BCUT2D eigenvalue weighted by Crippen LogP contribution is -2.32. The Bertz CT molecular complexity index is 1170. The molecule has 1 atom stereocenters. The molecule has 0 fully saturated rings. The maximum Gasteiger partial charge on any atom is 0.490 e. The molecule has 1 aromatic heterocycles. The average Bonchev–Trinajstić information content (AvgIpc) is 3.33. The molecule has 4 rings (SSSR count). The minimum absolute atomic E-state index is 0.0984. The number of carboxylic acid groups (broad SMARTS) is 1. The summed E-state index contributed by atoms with van der Waals surface area (Å²) in [6.45, 7) is 0.338. The van der Waals surface area contributed by atoms with Gasteiger partial charge in [0, 0.05) is 34.1 Å². The lowest BCUT2D eigenvalue weighted by atomic mass is 9.96. The highest BCUT2D eigenvalue weighted by atomic mass is 35.5. The van der Waals surface area contributed by atoms with Crippen molar-refractivity contribution < 1.29 is 37.3 Å². The average molecular weight is 498 g/mol. The summed E-state index contributed by atoms with van der Waals surface area (Å²) in [4.78, 5) is 21.6. The number of fused-ring (bicyclic) bond motifs is 1. The first-order valence-electron chi connectivity index (χ1n) is 9.78. The van der Waals surface area contributed by atoms with Crippen molar-refractivity contribution in [3.63, 3.8) is 0 Å². The number of aliphatic carboxylic acids is 1. The van der Waals surface area contributed by atoms with Gasteiger partial charge in [0.25, 0.3) is 0 Å². The molecular formula is C22H19ClF3N3O5. The normalized spacial score (nSPS) is 14.7. The number of H-pyrrole nitrogens is 1. The number of carbonyl (C=O) groups excluding carboxylic acids is 1. The maximum atomic E-state index is 12.7. The second-order valence-corrected chi connectivity index (χ2v) is 7.59. The quantitative estimate of drug-likeness (QED) is 0.487. The van der Waals surface area contributed by atoms with E-state index in [0.717, 1.165) is 22.4 Å². The van der Waals surface area contributed by atoms with Crippen LogP contribution in [0.25, 0.3) is 11.1 Å². The highest BCUT2D eigenvalue weighted by Crippen LogP contribution is 2.33. The third-order valence-corrected chi connectivity index (χ3v) is 5.06. The highest BCUT2D eigenvalue weighted by Gasteiger charge is 2.38. The van der Waals surface area contributed by atoms with E-state index in [2.05, 4.69) is 15.5 Å². The minimum Gasteiger partial charge on any atom is -0.496 e. The number of halogens is 4. The summed E-state index contributed by atoms with van der Waals surface area (Å²) in [5.41, 5.74) is 3.43. The van der Waals surface area contributed by atoms with Crippen molar-refractivity contribution in [3.8, 4) is 22.6 Å². The molecule has 8 nitrogen and oxygen atoms in total. The van der Waals surface area contributed by atoms with E-state index in [1.807, 2.05) is 24.3 Å². The van der Waals surface area contributed by atoms with E-state index in [9.17, 15) is 18.0 Å². The molecule has 0 bridgehead atoms. The van der Waals surface area contributed by atoms with Gasteiger partial charge < -0.3 is 19.9 Å². The number of anilines is 1.